The summed E-state index contributed by atoms with van der Waals surface area (Å²) in [6.45, 7) is 7.25. The number of ether oxygens (including phenoxy) is 1. The molecule has 3 atom stereocenters. The van der Waals surface area contributed by atoms with E-state index < -0.39 is 20.5 Å². The molecule has 0 saturated heterocycles. The molecule has 1 aliphatic rings. The fourth-order valence-corrected chi connectivity index (χ4v) is 9.51. The molecule has 3 aromatic rings. The molecule has 0 fully saturated rings. The van der Waals surface area contributed by atoms with Crippen LogP contribution in [0.4, 0.5) is 0 Å². The maximum absolute atomic E-state index is 11.1. The van der Waals surface area contributed by atoms with Gasteiger partial charge in [0.2, 0.25) is 0 Å². The van der Waals surface area contributed by atoms with E-state index in [-0.39, 0.29) is 11.1 Å². The summed E-state index contributed by atoms with van der Waals surface area (Å²) in [5.41, 5.74) is 1.12. The van der Waals surface area contributed by atoms with Crippen LogP contribution in [0, 0.1) is 0 Å². The van der Waals surface area contributed by atoms with Gasteiger partial charge in [-0.3, -0.25) is 0 Å². The zero-order valence-corrected chi connectivity index (χ0v) is 20.7. The second kappa shape index (κ2) is 10.2. The van der Waals surface area contributed by atoms with E-state index in [1.54, 1.807) is 0 Å². The van der Waals surface area contributed by atoms with Crippen LogP contribution in [-0.2, 0) is 15.8 Å². The fourth-order valence-electron chi connectivity index (χ4n) is 4.80. The Balaban J connectivity index is 1.74. The highest BCUT2D eigenvalue weighted by molar-refractivity contribution is 6.99. The standard InChI is InChI=1S/C29H34O3Si/c1-29(2,3)33(24-16-9-5-10-17-24,25-18-11-6-12-19-25)32-28-26(30)20-13-21-27(28)31-22-23-14-7-4-8-15-23/h4-20,26-28,30H,21-22H2,1-3H3/t26-,27-,28+/m0/s1. The van der Waals surface area contributed by atoms with E-state index in [2.05, 4.69) is 81.4 Å². The van der Waals surface area contributed by atoms with Gasteiger partial charge in [-0.1, -0.05) is 124 Å². The summed E-state index contributed by atoms with van der Waals surface area (Å²) < 4.78 is 13.6. The minimum absolute atomic E-state index is 0.166. The van der Waals surface area contributed by atoms with Gasteiger partial charge in [0, 0.05) is 0 Å². The number of rotatable bonds is 7. The summed E-state index contributed by atoms with van der Waals surface area (Å²) in [4.78, 5) is 0. The Labute approximate surface area is 198 Å². The minimum atomic E-state index is -2.80. The molecule has 4 rings (SSSR count). The summed E-state index contributed by atoms with van der Waals surface area (Å²) in [5.74, 6) is 0. The first-order valence-electron chi connectivity index (χ1n) is 11.7. The normalized spacial score (nSPS) is 21.2. The number of benzene rings is 3. The van der Waals surface area contributed by atoms with Crippen molar-refractivity contribution in [3.63, 3.8) is 0 Å². The van der Waals surface area contributed by atoms with Gasteiger partial charge in [-0.25, -0.2) is 0 Å². The molecule has 0 heterocycles. The van der Waals surface area contributed by atoms with Gasteiger partial charge in [-0.2, -0.15) is 0 Å². The number of aliphatic hydroxyl groups is 1. The summed E-state index contributed by atoms with van der Waals surface area (Å²) in [6, 6.07) is 31.3. The SMILES string of the molecule is CC(C)(C)[Si](O[C@H]1[C@@H](OCc2ccccc2)CC=C[C@@H]1O)(c1ccccc1)c1ccccc1. The van der Waals surface area contributed by atoms with Crippen LogP contribution in [0.15, 0.2) is 103 Å². The van der Waals surface area contributed by atoms with Crippen LogP contribution in [0.3, 0.4) is 0 Å². The lowest BCUT2D eigenvalue weighted by molar-refractivity contribution is -0.0785. The summed E-state index contributed by atoms with van der Waals surface area (Å²) in [6.07, 6.45) is 3.17. The van der Waals surface area contributed by atoms with E-state index in [9.17, 15) is 5.11 Å². The second-order valence-electron chi connectivity index (χ2n) is 9.74. The van der Waals surface area contributed by atoms with Gasteiger partial charge in [-0.05, 0) is 27.4 Å². The van der Waals surface area contributed by atoms with Crippen LogP contribution in [0.5, 0.6) is 0 Å². The van der Waals surface area contributed by atoms with Crippen molar-refractivity contribution in [3.05, 3.63) is 109 Å². The molecule has 0 aliphatic heterocycles. The molecule has 0 amide bonds. The van der Waals surface area contributed by atoms with Crippen molar-refractivity contribution >= 4 is 18.7 Å². The predicted octanol–water partition coefficient (Wildman–Crippen LogP) is 4.84. The van der Waals surface area contributed by atoms with Crippen molar-refractivity contribution < 1.29 is 14.3 Å². The Morgan fingerprint density at radius 2 is 1.33 bits per heavy atom. The third-order valence-electron chi connectivity index (χ3n) is 6.44. The van der Waals surface area contributed by atoms with E-state index >= 15 is 0 Å². The molecule has 1 N–H and O–H groups in total. The molecule has 3 aromatic carbocycles. The first-order chi connectivity index (χ1) is 15.9. The average Bonchev–Trinajstić information content (AvgIpc) is 2.83. The van der Waals surface area contributed by atoms with Crippen LogP contribution in [-0.4, -0.2) is 31.7 Å². The highest BCUT2D eigenvalue weighted by Crippen LogP contribution is 2.39. The fraction of sp³-hybridized carbons (Fsp3) is 0.310. The van der Waals surface area contributed by atoms with Crippen molar-refractivity contribution in [2.45, 2.75) is 57.1 Å². The molecule has 33 heavy (non-hydrogen) atoms. The number of hydrogen-bond acceptors (Lipinski definition) is 3. The topological polar surface area (TPSA) is 38.7 Å². The van der Waals surface area contributed by atoms with E-state index in [0.717, 1.165) is 5.56 Å². The van der Waals surface area contributed by atoms with Gasteiger partial charge in [-0.15, -0.1) is 0 Å². The predicted molar refractivity (Wildman–Crippen MR) is 137 cm³/mol. The Morgan fingerprint density at radius 1 is 0.818 bits per heavy atom. The maximum atomic E-state index is 11.1. The second-order valence-corrected chi connectivity index (χ2v) is 14.0. The van der Waals surface area contributed by atoms with Gasteiger partial charge < -0.3 is 14.3 Å². The maximum Gasteiger partial charge on any atom is 0.261 e. The van der Waals surface area contributed by atoms with Crippen molar-refractivity contribution in [2.75, 3.05) is 0 Å². The van der Waals surface area contributed by atoms with Crippen LogP contribution >= 0.6 is 0 Å². The van der Waals surface area contributed by atoms with E-state index in [1.807, 2.05) is 42.5 Å². The lowest BCUT2D eigenvalue weighted by Crippen LogP contribution is -2.69. The molecule has 1 aliphatic carbocycles. The largest absolute Gasteiger partial charge is 0.399 e. The van der Waals surface area contributed by atoms with Crippen molar-refractivity contribution in [2.24, 2.45) is 0 Å². The van der Waals surface area contributed by atoms with Gasteiger partial charge in [0.05, 0.1) is 18.8 Å². The van der Waals surface area contributed by atoms with Gasteiger partial charge >= 0.3 is 0 Å². The van der Waals surface area contributed by atoms with Crippen LogP contribution < -0.4 is 10.4 Å². The smallest absolute Gasteiger partial charge is 0.261 e. The molecule has 0 radical (unpaired) electrons. The van der Waals surface area contributed by atoms with Crippen molar-refractivity contribution in [1.82, 2.24) is 0 Å². The zero-order chi connectivity index (χ0) is 23.3. The molecule has 0 bridgehead atoms. The monoisotopic (exact) mass is 458 g/mol. The van der Waals surface area contributed by atoms with Gasteiger partial charge in [0.1, 0.15) is 6.10 Å². The molecule has 4 heteroatoms. The molecule has 3 nitrogen and oxygen atoms in total. The number of hydrogen-bond donors (Lipinski definition) is 1. The van der Waals surface area contributed by atoms with E-state index in [1.165, 1.54) is 10.4 Å². The van der Waals surface area contributed by atoms with Crippen LogP contribution in [0.2, 0.25) is 5.04 Å². The zero-order valence-electron chi connectivity index (χ0n) is 19.7. The summed E-state index contributed by atoms with van der Waals surface area (Å²) >= 11 is 0. The Bertz CT molecular complexity index is 989. The van der Waals surface area contributed by atoms with Crippen LogP contribution in [0.25, 0.3) is 0 Å². The third kappa shape index (κ3) is 5.04. The van der Waals surface area contributed by atoms with Gasteiger partial charge in [0.15, 0.2) is 0 Å². The molecule has 0 saturated carbocycles. The quantitative estimate of drug-likeness (QED) is 0.407. The van der Waals surface area contributed by atoms with E-state index in [0.29, 0.717) is 13.0 Å². The summed E-state index contributed by atoms with van der Waals surface area (Å²) in [5, 5.41) is 13.3. The lowest BCUT2D eigenvalue weighted by Gasteiger charge is -2.47. The Hall–Kier alpha value is -2.50. The molecule has 0 aromatic heterocycles. The number of aliphatic hydroxyl groups excluding tert-OH is 1. The van der Waals surface area contributed by atoms with Gasteiger partial charge in [0.25, 0.3) is 8.32 Å². The van der Waals surface area contributed by atoms with Crippen molar-refractivity contribution in [1.29, 1.82) is 0 Å². The van der Waals surface area contributed by atoms with E-state index in [4.69, 9.17) is 9.16 Å². The molecule has 0 spiro atoms. The summed E-state index contributed by atoms with van der Waals surface area (Å²) in [7, 11) is -2.80. The molecule has 0 unspecified atom stereocenters. The Kier molecular flexibility index (Phi) is 7.30. The Morgan fingerprint density at radius 3 is 1.85 bits per heavy atom. The average molecular weight is 459 g/mol. The third-order valence-corrected chi connectivity index (χ3v) is 11.5. The molecular weight excluding hydrogens is 424 g/mol. The first kappa shape index (κ1) is 23.6. The highest BCUT2D eigenvalue weighted by Gasteiger charge is 2.53. The minimum Gasteiger partial charge on any atom is -0.399 e. The lowest BCUT2D eigenvalue weighted by atomic mass is 9.98. The highest BCUT2D eigenvalue weighted by atomic mass is 28.4. The van der Waals surface area contributed by atoms with Crippen LogP contribution in [0.1, 0.15) is 32.8 Å². The van der Waals surface area contributed by atoms with Crippen molar-refractivity contribution in [3.8, 4) is 0 Å². The molecular formula is C29H34O3Si. The first-order valence-corrected chi connectivity index (χ1v) is 13.6. The molecule has 172 valence electrons.